The van der Waals surface area contributed by atoms with Crippen molar-refractivity contribution in [2.24, 2.45) is 4.99 Å². The Morgan fingerprint density at radius 3 is 2.70 bits per heavy atom. The van der Waals surface area contributed by atoms with Gasteiger partial charge >= 0.3 is 0 Å². The van der Waals surface area contributed by atoms with Crippen LogP contribution in [0.5, 0.6) is 0 Å². The van der Waals surface area contributed by atoms with E-state index in [9.17, 15) is 4.79 Å². The molecule has 0 aliphatic carbocycles. The summed E-state index contributed by atoms with van der Waals surface area (Å²) in [6.45, 7) is 2.02. The molecule has 1 aromatic heterocycles. The van der Waals surface area contributed by atoms with Crippen LogP contribution in [0, 0.1) is 6.92 Å². The number of thioether (sulfide) groups is 1. The molecule has 0 radical (unpaired) electrons. The van der Waals surface area contributed by atoms with Gasteiger partial charge in [-0.25, -0.2) is 4.99 Å². The van der Waals surface area contributed by atoms with Crippen LogP contribution in [0.1, 0.15) is 11.3 Å². The van der Waals surface area contributed by atoms with E-state index in [0.29, 0.717) is 10.1 Å². The summed E-state index contributed by atoms with van der Waals surface area (Å²) in [5, 5.41) is 3.44. The van der Waals surface area contributed by atoms with Crippen LogP contribution in [-0.2, 0) is 4.79 Å². The number of amides is 1. The number of aryl methyl sites for hydroxylation is 1. The second-order valence-electron chi connectivity index (χ2n) is 6.10. The zero-order valence-electron chi connectivity index (χ0n) is 14.5. The van der Waals surface area contributed by atoms with Crippen molar-refractivity contribution < 1.29 is 4.79 Å². The van der Waals surface area contributed by atoms with E-state index in [1.807, 2.05) is 84.4 Å². The van der Waals surface area contributed by atoms with Crippen molar-refractivity contribution in [1.82, 2.24) is 9.88 Å². The Kier molecular flexibility index (Phi) is 5.01. The third kappa shape index (κ3) is 4.07. The first-order valence-corrected chi connectivity index (χ1v) is 9.99. The zero-order chi connectivity index (χ0) is 18.8. The number of aromatic nitrogens is 1. The minimum Gasteiger partial charge on any atom is -0.317 e. The standard InChI is InChI=1S/C21H16BrN3OS/c1-14-4-2-5-16(12-14)23-21-24-20(26)19(27-21)13-18-6-3-11-25(18)17-9-7-15(22)8-10-17/h2-13H,1H3,(H,23,24,26)/b19-13-. The molecule has 3 aromatic rings. The van der Waals surface area contributed by atoms with Gasteiger partial charge in [0.1, 0.15) is 0 Å². The number of rotatable bonds is 3. The molecule has 134 valence electrons. The zero-order valence-corrected chi connectivity index (χ0v) is 16.9. The smallest absolute Gasteiger partial charge is 0.264 e. The molecule has 0 bridgehead atoms. The number of nitrogens with zero attached hydrogens (tertiary/aromatic N) is 2. The predicted molar refractivity (Wildman–Crippen MR) is 115 cm³/mol. The van der Waals surface area contributed by atoms with Crippen molar-refractivity contribution in [1.29, 1.82) is 0 Å². The van der Waals surface area contributed by atoms with Crippen LogP contribution < -0.4 is 5.32 Å². The molecule has 0 unspecified atom stereocenters. The number of aliphatic imine (C=N–C) groups is 1. The Hall–Kier alpha value is -2.57. The molecule has 27 heavy (non-hydrogen) atoms. The van der Waals surface area contributed by atoms with E-state index in [4.69, 9.17) is 0 Å². The summed E-state index contributed by atoms with van der Waals surface area (Å²) in [5.41, 5.74) is 3.94. The van der Waals surface area contributed by atoms with Gasteiger partial charge in [0.25, 0.3) is 5.91 Å². The first-order valence-electron chi connectivity index (χ1n) is 8.38. The Morgan fingerprint density at radius 2 is 1.93 bits per heavy atom. The van der Waals surface area contributed by atoms with Gasteiger partial charge in [-0.2, -0.15) is 0 Å². The summed E-state index contributed by atoms with van der Waals surface area (Å²) in [5.74, 6) is -0.130. The highest BCUT2D eigenvalue weighted by Gasteiger charge is 2.24. The van der Waals surface area contributed by atoms with Crippen molar-refractivity contribution in [3.05, 3.63) is 87.5 Å². The largest absolute Gasteiger partial charge is 0.317 e. The van der Waals surface area contributed by atoms with E-state index in [0.717, 1.165) is 27.1 Å². The molecular weight excluding hydrogens is 422 g/mol. The summed E-state index contributed by atoms with van der Waals surface area (Å²) in [6, 6.07) is 19.9. The van der Waals surface area contributed by atoms with Gasteiger partial charge in [-0.1, -0.05) is 28.1 Å². The number of hydrogen-bond acceptors (Lipinski definition) is 3. The van der Waals surface area contributed by atoms with E-state index < -0.39 is 0 Å². The normalized spacial score (nSPS) is 16.9. The van der Waals surface area contributed by atoms with Crippen LogP contribution >= 0.6 is 27.7 Å². The van der Waals surface area contributed by atoms with Crippen molar-refractivity contribution in [2.75, 3.05) is 0 Å². The van der Waals surface area contributed by atoms with Gasteiger partial charge in [-0.3, -0.25) is 4.79 Å². The molecule has 0 atom stereocenters. The molecule has 0 saturated carbocycles. The molecule has 1 aliphatic heterocycles. The maximum atomic E-state index is 12.4. The van der Waals surface area contributed by atoms with Gasteiger partial charge in [-0.15, -0.1) is 0 Å². The lowest BCUT2D eigenvalue weighted by molar-refractivity contribution is -0.115. The van der Waals surface area contributed by atoms with E-state index in [1.165, 1.54) is 11.8 Å². The average Bonchev–Trinajstić information content (AvgIpc) is 3.23. The monoisotopic (exact) mass is 437 g/mol. The fourth-order valence-corrected chi connectivity index (χ4v) is 3.87. The molecule has 4 rings (SSSR count). The lowest BCUT2D eigenvalue weighted by Crippen LogP contribution is -2.19. The van der Waals surface area contributed by atoms with Crippen molar-refractivity contribution in [3.8, 4) is 5.69 Å². The van der Waals surface area contributed by atoms with Gasteiger partial charge in [0, 0.05) is 22.1 Å². The van der Waals surface area contributed by atoms with Crippen molar-refractivity contribution in [2.45, 2.75) is 6.92 Å². The summed E-state index contributed by atoms with van der Waals surface area (Å²) in [4.78, 5) is 17.5. The van der Waals surface area contributed by atoms with Crippen LogP contribution in [0.2, 0.25) is 0 Å². The maximum absolute atomic E-state index is 12.4. The van der Waals surface area contributed by atoms with Crippen LogP contribution in [0.3, 0.4) is 0 Å². The molecular formula is C21H16BrN3OS. The fourth-order valence-electron chi connectivity index (χ4n) is 2.78. The van der Waals surface area contributed by atoms with E-state index in [2.05, 4.69) is 26.2 Å². The number of carbonyl (C=O) groups excluding carboxylic acids is 1. The quantitative estimate of drug-likeness (QED) is 0.554. The molecule has 4 nitrogen and oxygen atoms in total. The van der Waals surface area contributed by atoms with Gasteiger partial charge in [0.15, 0.2) is 5.17 Å². The summed E-state index contributed by atoms with van der Waals surface area (Å²) in [7, 11) is 0. The van der Waals surface area contributed by atoms with E-state index in [1.54, 1.807) is 0 Å². The molecule has 0 spiro atoms. The highest BCUT2D eigenvalue weighted by molar-refractivity contribution is 9.10. The lowest BCUT2D eigenvalue weighted by atomic mass is 10.2. The Morgan fingerprint density at radius 1 is 1.11 bits per heavy atom. The minimum absolute atomic E-state index is 0.130. The average molecular weight is 438 g/mol. The van der Waals surface area contributed by atoms with E-state index in [-0.39, 0.29) is 5.91 Å². The second kappa shape index (κ2) is 7.58. The van der Waals surface area contributed by atoms with Gasteiger partial charge in [-0.05, 0) is 78.9 Å². The molecule has 1 N–H and O–H groups in total. The topological polar surface area (TPSA) is 46.4 Å². The highest BCUT2D eigenvalue weighted by atomic mass is 79.9. The van der Waals surface area contributed by atoms with Crippen molar-refractivity contribution >= 4 is 50.5 Å². The van der Waals surface area contributed by atoms with Crippen LogP contribution in [0.25, 0.3) is 11.8 Å². The summed E-state index contributed by atoms with van der Waals surface area (Å²) >= 11 is 4.81. The number of halogens is 1. The molecule has 1 aliphatic rings. The number of amidine groups is 1. The second-order valence-corrected chi connectivity index (χ2v) is 8.05. The molecule has 1 saturated heterocycles. The van der Waals surface area contributed by atoms with Gasteiger partial charge < -0.3 is 9.88 Å². The van der Waals surface area contributed by atoms with Gasteiger partial charge in [0.05, 0.1) is 10.6 Å². The molecule has 2 heterocycles. The predicted octanol–water partition coefficient (Wildman–Crippen LogP) is 5.44. The number of carbonyl (C=O) groups is 1. The third-order valence-electron chi connectivity index (χ3n) is 4.05. The summed E-state index contributed by atoms with van der Waals surface area (Å²) < 4.78 is 3.07. The highest BCUT2D eigenvalue weighted by Crippen LogP contribution is 2.29. The van der Waals surface area contributed by atoms with Crippen LogP contribution in [-0.4, -0.2) is 15.6 Å². The van der Waals surface area contributed by atoms with Crippen LogP contribution in [0.15, 0.2) is 81.2 Å². The molecule has 1 fully saturated rings. The number of hydrogen-bond donors (Lipinski definition) is 1. The first kappa shape index (κ1) is 17.8. The Balaban J connectivity index is 1.61. The SMILES string of the molecule is Cc1cccc(N=C2NC(=O)/C(=C/c3cccn3-c3ccc(Br)cc3)S2)c1. The van der Waals surface area contributed by atoms with Crippen molar-refractivity contribution in [3.63, 3.8) is 0 Å². The maximum Gasteiger partial charge on any atom is 0.264 e. The minimum atomic E-state index is -0.130. The number of nitrogens with one attached hydrogen (secondary N) is 1. The molecule has 6 heteroatoms. The van der Waals surface area contributed by atoms with Gasteiger partial charge in [0.2, 0.25) is 0 Å². The Labute approximate surface area is 170 Å². The lowest BCUT2D eigenvalue weighted by Gasteiger charge is -2.07. The van der Waals surface area contributed by atoms with Crippen LogP contribution in [0.4, 0.5) is 5.69 Å². The summed E-state index contributed by atoms with van der Waals surface area (Å²) in [6.07, 6.45) is 3.87. The Bertz CT molecular complexity index is 1070. The molecule has 2 aromatic carbocycles. The first-order chi connectivity index (χ1) is 13.1. The molecule has 1 amide bonds. The fraction of sp³-hybridized carbons (Fsp3) is 0.0476. The van der Waals surface area contributed by atoms with E-state index >= 15 is 0 Å². The number of benzene rings is 2. The third-order valence-corrected chi connectivity index (χ3v) is 5.49.